The highest BCUT2D eigenvalue weighted by Gasteiger charge is 2.15. The Morgan fingerprint density at radius 2 is 2.18 bits per heavy atom. The number of nitrogens with zero attached hydrogens (tertiary/aromatic N) is 1. The largest absolute Gasteiger partial charge is 0.399 e. The van der Waals surface area contributed by atoms with E-state index in [9.17, 15) is 4.79 Å². The molecule has 86 valence electrons. The summed E-state index contributed by atoms with van der Waals surface area (Å²) in [5.41, 5.74) is 9.59. The topological polar surface area (TPSA) is 71.8 Å². The highest BCUT2D eigenvalue weighted by Crippen LogP contribution is 2.31. The van der Waals surface area contributed by atoms with Gasteiger partial charge in [0.15, 0.2) is 5.78 Å². The van der Waals surface area contributed by atoms with Crippen molar-refractivity contribution in [1.82, 2.24) is 10.2 Å². The van der Waals surface area contributed by atoms with Gasteiger partial charge in [0.05, 0.1) is 11.7 Å². The molecule has 1 aliphatic carbocycles. The van der Waals surface area contributed by atoms with Gasteiger partial charge in [0, 0.05) is 23.1 Å². The van der Waals surface area contributed by atoms with Crippen molar-refractivity contribution in [1.29, 1.82) is 0 Å². The smallest absolute Gasteiger partial charge is 0.155 e. The number of ketones is 1. The molecule has 0 spiro atoms. The predicted molar refractivity (Wildman–Crippen MR) is 67.3 cm³/mol. The Kier molecular flexibility index (Phi) is 2.21. The summed E-state index contributed by atoms with van der Waals surface area (Å²) in [6, 6.07) is 3.79. The van der Waals surface area contributed by atoms with Gasteiger partial charge in [0.2, 0.25) is 0 Å². The van der Waals surface area contributed by atoms with Gasteiger partial charge >= 0.3 is 0 Å². The van der Waals surface area contributed by atoms with Crippen LogP contribution in [0.4, 0.5) is 5.69 Å². The molecular formula is C13H13N3O. The number of nitrogens with one attached hydrogen (secondary N) is 1. The molecule has 4 heteroatoms. The third kappa shape index (κ3) is 1.71. The highest BCUT2D eigenvalue weighted by molar-refractivity contribution is 6.02. The lowest BCUT2D eigenvalue weighted by molar-refractivity contribution is -0.114. The number of nitrogen functional groups attached to an aromatic ring is 1. The maximum atomic E-state index is 11.5. The first-order valence-electron chi connectivity index (χ1n) is 5.70. The Morgan fingerprint density at radius 1 is 1.29 bits per heavy atom. The Bertz CT molecular complexity index is 625. The van der Waals surface area contributed by atoms with Crippen molar-refractivity contribution in [2.45, 2.75) is 19.3 Å². The summed E-state index contributed by atoms with van der Waals surface area (Å²) in [5, 5.41) is 7.98. The van der Waals surface area contributed by atoms with Crippen LogP contribution in [0, 0.1) is 0 Å². The molecule has 0 unspecified atom stereocenters. The molecule has 0 bridgehead atoms. The van der Waals surface area contributed by atoms with Crippen molar-refractivity contribution in [3.05, 3.63) is 30.0 Å². The summed E-state index contributed by atoms with van der Waals surface area (Å²) in [4.78, 5) is 11.5. The van der Waals surface area contributed by atoms with E-state index in [1.54, 1.807) is 12.3 Å². The molecule has 1 aromatic heterocycles. The van der Waals surface area contributed by atoms with Crippen molar-refractivity contribution in [2.24, 2.45) is 0 Å². The average Bonchev–Trinajstić information content (AvgIpc) is 2.75. The molecular weight excluding hydrogens is 214 g/mol. The second-order valence-corrected chi connectivity index (χ2v) is 4.39. The van der Waals surface area contributed by atoms with Gasteiger partial charge in [-0.15, -0.1) is 0 Å². The zero-order valence-electron chi connectivity index (χ0n) is 9.36. The number of carbonyl (C=O) groups is 1. The molecule has 1 aliphatic rings. The first-order valence-corrected chi connectivity index (χ1v) is 5.70. The second kappa shape index (κ2) is 3.73. The van der Waals surface area contributed by atoms with Crippen molar-refractivity contribution < 1.29 is 4.79 Å². The number of H-pyrrole nitrogens is 1. The number of aromatic amines is 1. The lowest BCUT2D eigenvalue weighted by Crippen LogP contribution is -2.03. The Hall–Kier alpha value is -2.10. The normalized spacial score (nSPS) is 16.2. The third-order valence-electron chi connectivity index (χ3n) is 3.12. The molecule has 0 atom stereocenters. The molecule has 2 aromatic rings. The fourth-order valence-corrected chi connectivity index (χ4v) is 2.34. The van der Waals surface area contributed by atoms with E-state index in [0.717, 1.165) is 34.9 Å². The van der Waals surface area contributed by atoms with E-state index in [-0.39, 0.29) is 5.78 Å². The van der Waals surface area contributed by atoms with Gasteiger partial charge in [-0.05, 0) is 36.6 Å². The van der Waals surface area contributed by atoms with Crippen LogP contribution in [-0.2, 0) is 4.79 Å². The molecule has 0 saturated carbocycles. The number of hydrogen-bond acceptors (Lipinski definition) is 3. The molecule has 0 radical (unpaired) electrons. The van der Waals surface area contributed by atoms with E-state index in [1.807, 2.05) is 12.1 Å². The minimum Gasteiger partial charge on any atom is -0.399 e. The highest BCUT2D eigenvalue weighted by atomic mass is 16.1. The second-order valence-electron chi connectivity index (χ2n) is 4.39. The fourth-order valence-electron chi connectivity index (χ4n) is 2.34. The number of hydrogen-bond donors (Lipinski definition) is 2. The van der Waals surface area contributed by atoms with Crippen LogP contribution in [0.1, 0.15) is 24.8 Å². The van der Waals surface area contributed by atoms with Crippen molar-refractivity contribution >= 4 is 27.9 Å². The lowest BCUT2D eigenvalue weighted by Gasteiger charge is -2.13. The van der Waals surface area contributed by atoms with Gasteiger partial charge in [0.25, 0.3) is 0 Å². The summed E-state index contributed by atoms with van der Waals surface area (Å²) < 4.78 is 0. The molecule has 3 N–H and O–H groups in total. The number of carbonyl (C=O) groups excluding carboxylic acids is 1. The van der Waals surface area contributed by atoms with Gasteiger partial charge < -0.3 is 5.73 Å². The number of fused-ring (bicyclic) bond motifs is 1. The van der Waals surface area contributed by atoms with E-state index in [2.05, 4.69) is 10.2 Å². The van der Waals surface area contributed by atoms with Crippen molar-refractivity contribution in [2.75, 3.05) is 5.73 Å². The average molecular weight is 227 g/mol. The third-order valence-corrected chi connectivity index (χ3v) is 3.12. The molecule has 0 fully saturated rings. The zero-order chi connectivity index (χ0) is 11.8. The van der Waals surface area contributed by atoms with Gasteiger partial charge in [-0.2, -0.15) is 5.10 Å². The van der Waals surface area contributed by atoms with Gasteiger partial charge in [-0.1, -0.05) is 0 Å². The first kappa shape index (κ1) is 10.1. The molecule has 0 saturated heterocycles. The predicted octanol–water partition coefficient (Wildman–Crippen LogP) is 2.28. The summed E-state index contributed by atoms with van der Waals surface area (Å²) >= 11 is 0. The molecule has 17 heavy (non-hydrogen) atoms. The maximum absolute atomic E-state index is 11.5. The zero-order valence-corrected chi connectivity index (χ0v) is 9.36. The summed E-state index contributed by atoms with van der Waals surface area (Å²) in [5.74, 6) is 0.196. The van der Waals surface area contributed by atoms with Crippen LogP contribution in [-0.4, -0.2) is 16.0 Å². The molecule has 1 aromatic carbocycles. The van der Waals surface area contributed by atoms with E-state index < -0.39 is 0 Å². The lowest BCUT2D eigenvalue weighted by atomic mass is 9.91. The summed E-state index contributed by atoms with van der Waals surface area (Å²) in [7, 11) is 0. The summed E-state index contributed by atoms with van der Waals surface area (Å²) in [6.07, 6.45) is 5.97. The Labute approximate surface area is 98.5 Å². The Balaban J connectivity index is 2.22. The SMILES string of the molecule is Nc1cc(C2=CC(=O)CCC2)c2[nH]ncc2c1. The van der Waals surface area contributed by atoms with E-state index in [0.29, 0.717) is 12.1 Å². The van der Waals surface area contributed by atoms with Crippen molar-refractivity contribution in [3.63, 3.8) is 0 Å². The quantitative estimate of drug-likeness (QED) is 0.734. The fraction of sp³-hybridized carbons (Fsp3) is 0.231. The standard InChI is InChI=1S/C13H13N3O/c14-10-4-9-7-15-16-13(9)12(6-10)8-2-1-3-11(17)5-8/h4-7H,1-3,14H2,(H,15,16). The first-order chi connectivity index (χ1) is 8.24. The van der Waals surface area contributed by atoms with Crippen LogP contribution < -0.4 is 5.73 Å². The number of nitrogens with two attached hydrogens (primary N) is 1. The van der Waals surface area contributed by atoms with E-state index in [4.69, 9.17) is 5.73 Å². The van der Waals surface area contributed by atoms with Crippen LogP contribution in [0.25, 0.3) is 16.5 Å². The number of benzene rings is 1. The monoisotopic (exact) mass is 227 g/mol. The van der Waals surface area contributed by atoms with Gasteiger partial charge in [-0.3, -0.25) is 9.89 Å². The van der Waals surface area contributed by atoms with E-state index in [1.165, 1.54) is 0 Å². The van der Waals surface area contributed by atoms with Crippen LogP contribution >= 0.6 is 0 Å². The van der Waals surface area contributed by atoms with Crippen LogP contribution in [0.3, 0.4) is 0 Å². The number of anilines is 1. The van der Waals surface area contributed by atoms with Crippen LogP contribution in [0.15, 0.2) is 24.4 Å². The van der Waals surface area contributed by atoms with Crippen LogP contribution in [0.2, 0.25) is 0 Å². The number of allylic oxidation sites excluding steroid dienone is 2. The molecule has 0 aliphatic heterocycles. The minimum atomic E-state index is 0.196. The number of aromatic nitrogens is 2. The molecule has 4 nitrogen and oxygen atoms in total. The molecule has 1 heterocycles. The molecule has 0 amide bonds. The molecule has 3 rings (SSSR count). The summed E-state index contributed by atoms with van der Waals surface area (Å²) in [6.45, 7) is 0. The van der Waals surface area contributed by atoms with Gasteiger partial charge in [0.1, 0.15) is 0 Å². The Morgan fingerprint density at radius 3 is 3.00 bits per heavy atom. The van der Waals surface area contributed by atoms with E-state index >= 15 is 0 Å². The minimum absolute atomic E-state index is 0.196. The maximum Gasteiger partial charge on any atom is 0.155 e. The van der Waals surface area contributed by atoms with Crippen molar-refractivity contribution in [3.8, 4) is 0 Å². The number of rotatable bonds is 1. The van der Waals surface area contributed by atoms with Crippen LogP contribution in [0.5, 0.6) is 0 Å². The van der Waals surface area contributed by atoms with Gasteiger partial charge in [-0.25, -0.2) is 0 Å².